The molecule has 1 aromatic heterocycles. The summed E-state index contributed by atoms with van der Waals surface area (Å²) in [6.07, 6.45) is 0. The zero-order valence-electron chi connectivity index (χ0n) is 17.7. The number of aromatic nitrogens is 1. The van der Waals surface area contributed by atoms with Crippen LogP contribution in [-0.2, 0) is 19.6 Å². The Labute approximate surface area is 195 Å². The number of hydrogen-bond acceptors (Lipinski definition) is 7. The van der Waals surface area contributed by atoms with Gasteiger partial charge in [-0.15, -0.1) is 0 Å². The number of ether oxygens (including phenoxy) is 1. The predicted molar refractivity (Wildman–Crippen MR) is 115 cm³/mol. The van der Waals surface area contributed by atoms with E-state index in [1.54, 1.807) is 13.8 Å². The van der Waals surface area contributed by atoms with Gasteiger partial charge < -0.3 is 4.74 Å². The van der Waals surface area contributed by atoms with Gasteiger partial charge in [-0.2, -0.15) is 4.31 Å². The van der Waals surface area contributed by atoms with Crippen LogP contribution in [-0.4, -0.2) is 49.3 Å². The van der Waals surface area contributed by atoms with Crippen molar-refractivity contribution in [3.8, 4) is 0 Å². The molecule has 0 fully saturated rings. The molecule has 8 nitrogen and oxygen atoms in total. The summed E-state index contributed by atoms with van der Waals surface area (Å²) in [5.74, 6) is -7.70. The van der Waals surface area contributed by atoms with Crippen LogP contribution >= 0.6 is 11.3 Å². The van der Waals surface area contributed by atoms with E-state index in [0.717, 1.165) is 28.6 Å². The van der Waals surface area contributed by atoms with Crippen molar-refractivity contribution >= 4 is 48.6 Å². The van der Waals surface area contributed by atoms with Crippen LogP contribution in [0.5, 0.6) is 0 Å². The molecule has 2 aromatic carbocycles. The first-order valence-electron chi connectivity index (χ1n) is 9.70. The maximum Gasteiger partial charge on any atom is 0.338 e. The van der Waals surface area contributed by atoms with E-state index >= 15 is 0 Å². The summed E-state index contributed by atoms with van der Waals surface area (Å²) in [7, 11) is -4.20. The topological polar surface area (TPSA) is 106 Å². The summed E-state index contributed by atoms with van der Waals surface area (Å²) < 4.78 is 85.5. The second-order valence-electron chi connectivity index (χ2n) is 6.71. The number of halogens is 4. The van der Waals surface area contributed by atoms with E-state index in [0.29, 0.717) is 11.3 Å². The molecule has 0 unspecified atom stereocenters. The molecule has 3 rings (SSSR count). The van der Waals surface area contributed by atoms with Crippen LogP contribution in [0.4, 0.5) is 22.7 Å². The molecule has 0 aliphatic rings. The first-order valence-corrected chi connectivity index (χ1v) is 12.0. The second kappa shape index (κ2) is 10.0. The summed E-state index contributed by atoms with van der Waals surface area (Å²) in [5.41, 5.74) is -0.794. The van der Waals surface area contributed by atoms with Gasteiger partial charge in [-0.05, 0) is 24.3 Å². The standard InChI is InChI=1S/C20H17F4N3O5S2/c1-3-27(4-2)34(30,31)14-7-10(5-6-11(14)21)19(29)32-9-15(28)25-20-26-18-13(33-20)8-12(22)16(23)17(18)24/h5-8H,3-4,9H2,1-2H3,(H,25,26,28). The number of fused-ring (bicyclic) bond motifs is 1. The highest BCUT2D eigenvalue weighted by Gasteiger charge is 2.27. The van der Waals surface area contributed by atoms with Crippen molar-refractivity contribution < 1.29 is 40.3 Å². The fourth-order valence-electron chi connectivity index (χ4n) is 2.93. The number of nitrogens with zero attached hydrogens (tertiary/aromatic N) is 2. The summed E-state index contributed by atoms with van der Waals surface area (Å²) in [4.78, 5) is 27.3. The van der Waals surface area contributed by atoms with Crippen LogP contribution in [0.15, 0.2) is 29.2 Å². The van der Waals surface area contributed by atoms with Crippen LogP contribution in [0.1, 0.15) is 24.2 Å². The van der Waals surface area contributed by atoms with E-state index in [-0.39, 0.29) is 28.5 Å². The number of rotatable bonds is 8. The third kappa shape index (κ3) is 5.03. The Morgan fingerprint density at radius 1 is 1.06 bits per heavy atom. The normalized spacial score (nSPS) is 11.7. The Bertz CT molecular complexity index is 1370. The fourth-order valence-corrected chi connectivity index (χ4v) is 5.38. The van der Waals surface area contributed by atoms with Crippen molar-refractivity contribution in [3.63, 3.8) is 0 Å². The Balaban J connectivity index is 1.71. The van der Waals surface area contributed by atoms with Gasteiger partial charge in [0.1, 0.15) is 16.2 Å². The second-order valence-corrected chi connectivity index (χ2v) is 9.65. The average molecular weight is 519 g/mol. The average Bonchev–Trinajstić information content (AvgIpc) is 3.18. The lowest BCUT2D eigenvalue weighted by molar-refractivity contribution is -0.119. The number of thiazole rings is 1. The summed E-state index contributed by atoms with van der Waals surface area (Å²) in [6.45, 7) is 2.46. The van der Waals surface area contributed by atoms with Crippen molar-refractivity contribution in [1.82, 2.24) is 9.29 Å². The van der Waals surface area contributed by atoms with Crippen molar-refractivity contribution in [2.45, 2.75) is 18.7 Å². The highest BCUT2D eigenvalue weighted by Crippen LogP contribution is 2.30. The first-order chi connectivity index (χ1) is 16.0. The molecule has 0 saturated heterocycles. The lowest BCUT2D eigenvalue weighted by atomic mass is 10.2. The molecule has 1 heterocycles. The van der Waals surface area contributed by atoms with Crippen molar-refractivity contribution in [3.05, 3.63) is 53.1 Å². The summed E-state index contributed by atoms with van der Waals surface area (Å²) in [6, 6.07) is 3.32. The number of nitrogens with one attached hydrogen (secondary N) is 1. The number of amides is 1. The first kappa shape index (κ1) is 25.5. The van der Waals surface area contributed by atoms with Gasteiger partial charge in [-0.1, -0.05) is 25.2 Å². The van der Waals surface area contributed by atoms with Gasteiger partial charge in [0.05, 0.1) is 10.3 Å². The lowest BCUT2D eigenvalue weighted by Gasteiger charge is -2.19. The Morgan fingerprint density at radius 2 is 1.74 bits per heavy atom. The number of anilines is 1. The summed E-state index contributed by atoms with van der Waals surface area (Å²) >= 11 is 0.663. The van der Waals surface area contributed by atoms with Crippen molar-refractivity contribution in [1.29, 1.82) is 0 Å². The SMILES string of the molecule is CCN(CC)S(=O)(=O)c1cc(C(=O)OCC(=O)Nc2nc3c(F)c(F)c(F)cc3s2)ccc1F. The molecule has 3 aromatic rings. The third-order valence-electron chi connectivity index (χ3n) is 4.59. The molecule has 0 aliphatic carbocycles. The van der Waals surface area contributed by atoms with Gasteiger partial charge in [-0.25, -0.2) is 35.8 Å². The molecule has 0 spiro atoms. The minimum atomic E-state index is -4.20. The van der Waals surface area contributed by atoms with E-state index in [1.165, 1.54) is 0 Å². The molecule has 0 bridgehead atoms. The van der Waals surface area contributed by atoms with E-state index in [2.05, 4.69) is 10.3 Å². The van der Waals surface area contributed by atoms with E-state index in [1.807, 2.05) is 0 Å². The zero-order chi connectivity index (χ0) is 25.2. The molecule has 1 amide bonds. The molecule has 1 N–H and O–H groups in total. The van der Waals surface area contributed by atoms with E-state index in [9.17, 15) is 35.6 Å². The Morgan fingerprint density at radius 3 is 2.38 bits per heavy atom. The molecule has 0 atom stereocenters. The van der Waals surface area contributed by atoms with Gasteiger partial charge >= 0.3 is 5.97 Å². The summed E-state index contributed by atoms with van der Waals surface area (Å²) in [5, 5.41) is 2.00. The third-order valence-corrected chi connectivity index (χ3v) is 7.58. The van der Waals surface area contributed by atoms with Gasteiger partial charge in [0.15, 0.2) is 29.2 Å². The molecular weight excluding hydrogens is 502 g/mol. The van der Waals surface area contributed by atoms with E-state index in [4.69, 9.17) is 4.74 Å². The minimum Gasteiger partial charge on any atom is -0.452 e. The maximum absolute atomic E-state index is 14.2. The quantitative estimate of drug-likeness (QED) is 0.277. The number of benzene rings is 2. The number of sulfonamides is 1. The highest BCUT2D eigenvalue weighted by atomic mass is 32.2. The van der Waals surface area contributed by atoms with E-state index < -0.39 is 62.2 Å². The molecule has 182 valence electrons. The van der Waals surface area contributed by atoms with Crippen LogP contribution in [0, 0.1) is 23.3 Å². The van der Waals surface area contributed by atoms with Gasteiger partial charge in [0.2, 0.25) is 10.0 Å². The maximum atomic E-state index is 14.2. The smallest absolute Gasteiger partial charge is 0.338 e. The molecular formula is C20H17F4N3O5S2. The van der Waals surface area contributed by atoms with Crippen LogP contribution in [0.25, 0.3) is 10.2 Å². The Kier molecular flexibility index (Phi) is 7.53. The van der Waals surface area contributed by atoms with Crippen LogP contribution in [0.2, 0.25) is 0 Å². The molecule has 34 heavy (non-hydrogen) atoms. The van der Waals surface area contributed by atoms with Gasteiger partial charge in [0.25, 0.3) is 5.91 Å². The number of esters is 1. The molecule has 0 radical (unpaired) electrons. The lowest BCUT2D eigenvalue weighted by Crippen LogP contribution is -2.31. The molecule has 0 saturated carbocycles. The number of carbonyl (C=O) groups is 2. The molecule has 0 aliphatic heterocycles. The van der Waals surface area contributed by atoms with Crippen LogP contribution in [0.3, 0.4) is 0 Å². The van der Waals surface area contributed by atoms with Crippen molar-refractivity contribution in [2.24, 2.45) is 0 Å². The highest BCUT2D eigenvalue weighted by molar-refractivity contribution is 7.89. The monoisotopic (exact) mass is 519 g/mol. The number of carbonyl (C=O) groups excluding carboxylic acids is 2. The molecule has 14 heteroatoms. The van der Waals surface area contributed by atoms with Crippen LogP contribution < -0.4 is 5.32 Å². The predicted octanol–water partition coefficient (Wildman–Crippen LogP) is 3.68. The van der Waals surface area contributed by atoms with Crippen molar-refractivity contribution in [2.75, 3.05) is 25.0 Å². The Hall–Kier alpha value is -3.10. The minimum absolute atomic E-state index is 0.0584. The van der Waals surface area contributed by atoms with Gasteiger partial charge in [-0.3, -0.25) is 10.1 Å². The fraction of sp³-hybridized carbons (Fsp3) is 0.250. The zero-order valence-corrected chi connectivity index (χ0v) is 19.3. The largest absolute Gasteiger partial charge is 0.452 e. The van der Waals surface area contributed by atoms with Gasteiger partial charge in [0, 0.05) is 13.1 Å². The number of hydrogen-bond donors (Lipinski definition) is 1.